The van der Waals surface area contributed by atoms with Crippen molar-refractivity contribution in [3.05, 3.63) is 59.7 Å². The maximum Gasteiger partial charge on any atom is 0.254 e. The monoisotopic (exact) mass is 376 g/mol. The molecule has 2 aliphatic rings. The normalized spacial score (nSPS) is 17.0. The van der Waals surface area contributed by atoms with Crippen molar-refractivity contribution in [2.75, 3.05) is 43.1 Å². The molecule has 2 aromatic rings. The Balaban J connectivity index is 1.37. The molecule has 0 radical (unpaired) electrons. The van der Waals surface area contributed by atoms with Gasteiger partial charge in [0.1, 0.15) is 6.61 Å². The molecule has 4 rings (SSSR count). The second kappa shape index (κ2) is 7.71. The minimum Gasteiger partial charge on any atom is -0.379 e. The van der Waals surface area contributed by atoms with Crippen LogP contribution in [0.4, 0.5) is 11.4 Å². The van der Waals surface area contributed by atoms with Crippen molar-refractivity contribution in [1.82, 2.24) is 4.90 Å². The van der Waals surface area contributed by atoms with Crippen molar-refractivity contribution in [3.8, 4) is 6.07 Å². The molecule has 0 saturated carbocycles. The lowest BCUT2D eigenvalue weighted by atomic mass is 10.0. The van der Waals surface area contributed by atoms with Crippen molar-refractivity contribution in [3.63, 3.8) is 0 Å². The number of carbonyl (C=O) groups is 2. The highest BCUT2D eigenvalue weighted by atomic mass is 16.5. The summed E-state index contributed by atoms with van der Waals surface area (Å²) >= 11 is 0. The number of ether oxygens (including phenoxy) is 1. The van der Waals surface area contributed by atoms with E-state index in [4.69, 9.17) is 10.00 Å². The van der Waals surface area contributed by atoms with Gasteiger partial charge in [-0.1, -0.05) is 12.1 Å². The van der Waals surface area contributed by atoms with Crippen LogP contribution in [0.3, 0.4) is 0 Å². The molecular weight excluding hydrogens is 356 g/mol. The number of amides is 2. The standard InChI is InChI=1S/C21H20N4O3/c22-11-15-3-1-5-17(9-15)23-18-12-24(13-18)21(27)16-4-2-6-19(10-16)25-7-8-28-14-20(25)26/h1-6,9-10,18,23H,7-8,12-14H2. The largest absolute Gasteiger partial charge is 0.379 e. The number of hydrogen-bond acceptors (Lipinski definition) is 5. The van der Waals surface area contributed by atoms with Crippen molar-refractivity contribution < 1.29 is 14.3 Å². The van der Waals surface area contributed by atoms with Gasteiger partial charge in [0, 0.05) is 36.6 Å². The molecule has 0 aliphatic carbocycles. The molecule has 2 fully saturated rings. The second-order valence-electron chi connectivity index (χ2n) is 6.89. The van der Waals surface area contributed by atoms with Crippen LogP contribution < -0.4 is 10.2 Å². The molecule has 0 spiro atoms. The molecule has 0 atom stereocenters. The first-order valence-electron chi connectivity index (χ1n) is 9.18. The summed E-state index contributed by atoms with van der Waals surface area (Å²) in [6.07, 6.45) is 0. The Morgan fingerprint density at radius 1 is 1.18 bits per heavy atom. The summed E-state index contributed by atoms with van der Waals surface area (Å²) in [5, 5.41) is 12.3. The van der Waals surface area contributed by atoms with Crippen LogP contribution in [0.5, 0.6) is 0 Å². The van der Waals surface area contributed by atoms with Crippen LogP contribution in [0.15, 0.2) is 48.5 Å². The van der Waals surface area contributed by atoms with E-state index in [0.717, 1.165) is 11.4 Å². The number of anilines is 2. The van der Waals surface area contributed by atoms with Crippen LogP contribution in [0, 0.1) is 11.3 Å². The minimum absolute atomic E-state index is 0.0496. The zero-order chi connectivity index (χ0) is 19.5. The number of carbonyl (C=O) groups excluding carboxylic acids is 2. The van der Waals surface area contributed by atoms with E-state index in [1.165, 1.54) is 0 Å². The van der Waals surface area contributed by atoms with Gasteiger partial charge in [0.05, 0.1) is 24.3 Å². The third-order valence-electron chi connectivity index (χ3n) is 4.92. The van der Waals surface area contributed by atoms with E-state index in [1.54, 1.807) is 40.1 Å². The molecule has 2 amide bonds. The van der Waals surface area contributed by atoms with Gasteiger partial charge in [-0.25, -0.2) is 0 Å². The Labute approximate surface area is 163 Å². The van der Waals surface area contributed by atoms with Gasteiger partial charge >= 0.3 is 0 Å². The predicted octanol–water partition coefficient (Wildman–Crippen LogP) is 1.86. The quantitative estimate of drug-likeness (QED) is 0.880. The molecule has 28 heavy (non-hydrogen) atoms. The first-order valence-corrected chi connectivity index (χ1v) is 9.18. The lowest BCUT2D eigenvalue weighted by molar-refractivity contribution is -0.125. The van der Waals surface area contributed by atoms with E-state index in [-0.39, 0.29) is 24.5 Å². The summed E-state index contributed by atoms with van der Waals surface area (Å²) in [6, 6.07) is 16.8. The Hall–Kier alpha value is -3.37. The van der Waals surface area contributed by atoms with Gasteiger partial charge in [0.2, 0.25) is 0 Å². The average Bonchev–Trinajstić information content (AvgIpc) is 2.70. The van der Waals surface area contributed by atoms with Crippen LogP contribution in [-0.4, -0.2) is 55.6 Å². The van der Waals surface area contributed by atoms with Gasteiger partial charge in [0.15, 0.2) is 0 Å². The van der Waals surface area contributed by atoms with Crippen molar-refractivity contribution in [2.24, 2.45) is 0 Å². The van der Waals surface area contributed by atoms with Gasteiger partial charge in [-0.3, -0.25) is 9.59 Å². The van der Waals surface area contributed by atoms with Crippen LogP contribution in [-0.2, 0) is 9.53 Å². The second-order valence-corrected chi connectivity index (χ2v) is 6.89. The predicted molar refractivity (Wildman–Crippen MR) is 104 cm³/mol. The Bertz CT molecular complexity index is 947. The highest BCUT2D eigenvalue weighted by Gasteiger charge is 2.31. The van der Waals surface area contributed by atoms with Crippen LogP contribution in [0.2, 0.25) is 0 Å². The van der Waals surface area contributed by atoms with Gasteiger partial charge in [0.25, 0.3) is 11.8 Å². The Morgan fingerprint density at radius 3 is 2.79 bits per heavy atom. The number of hydrogen-bond donors (Lipinski definition) is 1. The number of nitrogens with one attached hydrogen (secondary N) is 1. The molecule has 2 heterocycles. The van der Waals surface area contributed by atoms with Gasteiger partial charge in [-0.15, -0.1) is 0 Å². The topological polar surface area (TPSA) is 85.7 Å². The van der Waals surface area contributed by atoms with Gasteiger partial charge < -0.3 is 19.9 Å². The van der Waals surface area contributed by atoms with Gasteiger partial charge in [-0.05, 0) is 36.4 Å². The summed E-state index contributed by atoms with van der Waals surface area (Å²) < 4.78 is 5.16. The molecule has 7 nitrogen and oxygen atoms in total. The maximum atomic E-state index is 12.8. The van der Waals surface area contributed by atoms with Crippen LogP contribution in [0.1, 0.15) is 15.9 Å². The number of likely N-dealkylation sites (tertiary alicyclic amines) is 1. The highest BCUT2D eigenvalue weighted by Crippen LogP contribution is 2.22. The molecular formula is C21H20N4O3. The van der Waals surface area contributed by atoms with Crippen molar-refractivity contribution in [1.29, 1.82) is 5.26 Å². The smallest absolute Gasteiger partial charge is 0.254 e. The van der Waals surface area contributed by atoms with E-state index in [0.29, 0.717) is 37.4 Å². The molecule has 2 aliphatic heterocycles. The number of benzene rings is 2. The van der Waals surface area contributed by atoms with E-state index in [2.05, 4.69) is 11.4 Å². The summed E-state index contributed by atoms with van der Waals surface area (Å²) in [7, 11) is 0. The Morgan fingerprint density at radius 2 is 2.00 bits per heavy atom. The fraction of sp³-hybridized carbons (Fsp3) is 0.286. The zero-order valence-corrected chi connectivity index (χ0v) is 15.3. The van der Waals surface area contributed by atoms with Crippen molar-refractivity contribution in [2.45, 2.75) is 6.04 Å². The maximum absolute atomic E-state index is 12.8. The molecule has 1 N–H and O–H groups in total. The SMILES string of the molecule is N#Cc1cccc(NC2CN(C(=O)c3cccc(N4CCOCC4=O)c3)C2)c1. The third-order valence-corrected chi connectivity index (χ3v) is 4.92. The van der Waals surface area contributed by atoms with E-state index >= 15 is 0 Å². The fourth-order valence-electron chi connectivity index (χ4n) is 3.43. The summed E-state index contributed by atoms with van der Waals surface area (Å²) in [6.45, 7) is 2.25. The van der Waals surface area contributed by atoms with E-state index < -0.39 is 0 Å². The Kier molecular flexibility index (Phi) is 4.96. The molecule has 2 saturated heterocycles. The van der Waals surface area contributed by atoms with E-state index in [1.807, 2.05) is 18.2 Å². The third kappa shape index (κ3) is 3.68. The van der Waals surface area contributed by atoms with E-state index in [9.17, 15) is 9.59 Å². The summed E-state index contributed by atoms with van der Waals surface area (Å²) in [4.78, 5) is 28.2. The highest BCUT2D eigenvalue weighted by molar-refractivity contribution is 5.99. The molecule has 2 aromatic carbocycles. The van der Waals surface area contributed by atoms with Gasteiger partial charge in [-0.2, -0.15) is 5.26 Å². The molecule has 7 heteroatoms. The number of rotatable bonds is 4. The minimum atomic E-state index is -0.0938. The molecule has 142 valence electrons. The summed E-state index contributed by atoms with van der Waals surface area (Å²) in [5.74, 6) is -0.143. The summed E-state index contributed by atoms with van der Waals surface area (Å²) in [5.41, 5.74) is 2.78. The first-order chi connectivity index (χ1) is 13.6. The molecule has 0 bridgehead atoms. The number of morpholine rings is 1. The zero-order valence-electron chi connectivity index (χ0n) is 15.3. The lowest BCUT2D eigenvalue weighted by Gasteiger charge is -2.40. The first kappa shape index (κ1) is 18.0. The molecule has 0 unspecified atom stereocenters. The average molecular weight is 376 g/mol. The number of nitrogens with zero attached hydrogens (tertiary/aromatic N) is 3. The fourth-order valence-corrected chi connectivity index (χ4v) is 3.43. The lowest BCUT2D eigenvalue weighted by Crippen LogP contribution is -2.57. The van der Waals surface area contributed by atoms with Crippen molar-refractivity contribution >= 4 is 23.2 Å². The molecule has 0 aromatic heterocycles. The number of nitriles is 1. The van der Waals surface area contributed by atoms with Crippen LogP contribution in [0.25, 0.3) is 0 Å². The van der Waals surface area contributed by atoms with Crippen LogP contribution >= 0.6 is 0 Å².